The molecule has 13 heteroatoms. The van der Waals surface area contributed by atoms with E-state index in [0.717, 1.165) is 25.7 Å². The predicted molar refractivity (Wildman–Crippen MR) is 178 cm³/mol. The van der Waals surface area contributed by atoms with Crippen LogP contribution in [0.1, 0.15) is 130 Å². The van der Waals surface area contributed by atoms with Crippen LogP contribution in [0.3, 0.4) is 0 Å². The van der Waals surface area contributed by atoms with Crippen LogP contribution in [-0.2, 0) is 114 Å². The zero-order chi connectivity index (χ0) is 26.0. The van der Waals surface area contributed by atoms with E-state index in [9.17, 15) is 0 Å². The fraction of sp³-hybridized carbons (Fsp3) is 1.00. The van der Waals surface area contributed by atoms with E-state index in [2.05, 4.69) is 27.7 Å². The van der Waals surface area contributed by atoms with Gasteiger partial charge >= 0.3 is 21.1 Å². The van der Waals surface area contributed by atoms with Gasteiger partial charge in [0.1, 0.15) is 0 Å². The van der Waals surface area contributed by atoms with Crippen molar-refractivity contribution < 1.29 is 39.2 Å². The Morgan fingerprint density at radius 1 is 0.432 bits per heavy atom. The first-order valence-electron chi connectivity index (χ1n) is 13.4. The molecule has 0 aromatic heterocycles. The summed E-state index contributed by atoms with van der Waals surface area (Å²) < 4.78 is 22.0. The molecule has 0 spiro atoms. The zero-order valence-electron chi connectivity index (χ0n) is 23.5. The molecule has 4 nitrogen and oxygen atoms in total. The summed E-state index contributed by atoms with van der Waals surface area (Å²) in [6.45, 7) is 11.4. The van der Waals surface area contributed by atoms with Gasteiger partial charge in [0.15, 0.2) is 0 Å². The number of hydrogen-bond acceptors (Lipinski definition) is 8. The Labute approximate surface area is 280 Å². The molecule has 224 valence electrons. The molecule has 0 N–H and O–H groups in total. The molecule has 0 fully saturated rings. The van der Waals surface area contributed by atoms with Crippen LogP contribution in [0.5, 0.6) is 0 Å². The Kier molecular flexibility index (Phi) is 50.2. The molecule has 0 aromatic rings. The first-order chi connectivity index (χ1) is 16.2. The van der Waals surface area contributed by atoms with Crippen LogP contribution in [0.15, 0.2) is 0 Å². The molecule has 0 aliphatic carbocycles. The van der Waals surface area contributed by atoms with E-state index in [0.29, 0.717) is 26.4 Å². The summed E-state index contributed by atoms with van der Waals surface area (Å²) in [4.78, 5) is 0. The molecule has 0 bridgehead atoms. The summed E-state index contributed by atoms with van der Waals surface area (Å²) in [5.41, 5.74) is -4.75. The van der Waals surface area contributed by atoms with Crippen molar-refractivity contribution in [2.24, 2.45) is 0 Å². The maximum atomic E-state index is 5.50. The van der Waals surface area contributed by atoms with E-state index in [1.807, 2.05) is 0 Å². The summed E-state index contributed by atoms with van der Waals surface area (Å²) in [7, 11) is 0. The molecule has 0 atom stereocenters. The van der Waals surface area contributed by atoms with E-state index in [4.69, 9.17) is 66.2 Å². The average molecular weight is 755 g/mol. The van der Waals surface area contributed by atoms with Gasteiger partial charge in [0.2, 0.25) is 0 Å². The molecule has 0 unspecified atom stereocenters. The van der Waals surface area contributed by atoms with Crippen LogP contribution < -0.4 is 0 Å². The van der Waals surface area contributed by atoms with Crippen molar-refractivity contribution in [2.45, 2.75) is 130 Å². The van der Waals surface area contributed by atoms with Crippen molar-refractivity contribution in [3.63, 3.8) is 0 Å². The molecular weight excluding hydrogens is 703 g/mol. The Bertz CT molecular complexity index is 446. The quantitative estimate of drug-likeness (QED) is 0.0418. The van der Waals surface area contributed by atoms with Gasteiger partial charge in [-0.1, -0.05) is 128 Å². The third-order valence-electron chi connectivity index (χ3n) is 4.99. The predicted octanol–water partition coefficient (Wildman–Crippen LogP) is 9.90. The summed E-state index contributed by atoms with van der Waals surface area (Å²) in [5.74, 6) is 0. The molecule has 0 heterocycles. The minimum Gasteiger partial charge on any atom is -2.00 e. The van der Waals surface area contributed by atoms with Gasteiger partial charge < -0.3 is 69.6 Å². The smallest absolute Gasteiger partial charge is 2.00 e. The molecule has 0 saturated carbocycles. The standard InChI is InChI=1S/2C12H27O2PS2.Mo.2S/c2*1-3-5-7-9-11-13-15(16,17)14-12-10-8-6-4-2;;;/h2*3-12H2,1-2H3,(H,16,17);;;/q;;+6;2*-2/p-2. The van der Waals surface area contributed by atoms with Gasteiger partial charge in [-0.25, -0.2) is 0 Å². The molecule has 0 radical (unpaired) electrons. The third kappa shape index (κ3) is 43.8. The molecule has 0 aliphatic rings. The fourth-order valence-electron chi connectivity index (χ4n) is 2.90. The first kappa shape index (κ1) is 49.9. The molecule has 0 amide bonds. The van der Waals surface area contributed by atoms with E-state index < -0.39 is 11.4 Å². The van der Waals surface area contributed by atoms with Gasteiger partial charge in [0, 0.05) is 0 Å². The first-order valence-corrected chi connectivity index (χ1v) is 20.7. The van der Waals surface area contributed by atoms with Crippen LogP contribution in [0.25, 0.3) is 0 Å². The van der Waals surface area contributed by atoms with Gasteiger partial charge in [-0.2, -0.15) is 0 Å². The second-order valence-electron chi connectivity index (χ2n) is 8.47. The van der Waals surface area contributed by atoms with Crippen LogP contribution in [0.4, 0.5) is 0 Å². The van der Waals surface area contributed by atoms with E-state index >= 15 is 0 Å². The summed E-state index contributed by atoms with van der Waals surface area (Å²) in [5, 5.41) is 0. The molecule has 0 saturated heterocycles. The minimum atomic E-state index is -2.37. The summed E-state index contributed by atoms with van der Waals surface area (Å²) in [6, 6.07) is 0. The van der Waals surface area contributed by atoms with Crippen LogP contribution in [-0.4, -0.2) is 26.4 Å². The zero-order valence-corrected chi connectivity index (χ0v) is 32.2. The summed E-state index contributed by atoms with van der Waals surface area (Å²) >= 11 is 20.7. The second-order valence-corrected chi connectivity index (χ2v) is 18.4. The van der Waals surface area contributed by atoms with Crippen LogP contribution >= 0.6 is 11.4 Å². The Morgan fingerprint density at radius 3 is 0.784 bits per heavy atom. The van der Waals surface area contributed by atoms with Gasteiger partial charge in [-0.3, -0.25) is 0 Å². The molecule has 0 rings (SSSR count). The maximum absolute atomic E-state index is 5.50. The van der Waals surface area contributed by atoms with Crippen LogP contribution in [0.2, 0.25) is 0 Å². The maximum Gasteiger partial charge on any atom is 6.00 e. The Morgan fingerprint density at radius 2 is 0.622 bits per heavy atom. The third-order valence-corrected chi connectivity index (χ3v) is 9.51. The summed E-state index contributed by atoms with van der Waals surface area (Å²) in [6.07, 6.45) is 18.9. The monoisotopic (exact) mass is 756 g/mol. The van der Waals surface area contributed by atoms with E-state index in [1.165, 1.54) is 77.0 Å². The Hall–Kier alpha value is 3.23. The largest absolute Gasteiger partial charge is 6.00 e. The number of rotatable bonds is 24. The van der Waals surface area contributed by atoms with Gasteiger partial charge in [-0.15, -0.1) is 0 Å². The van der Waals surface area contributed by atoms with Crippen molar-refractivity contribution in [3.05, 3.63) is 0 Å². The van der Waals surface area contributed by atoms with Crippen molar-refractivity contribution in [3.8, 4) is 0 Å². The van der Waals surface area contributed by atoms with Crippen molar-refractivity contribution in [2.75, 3.05) is 26.4 Å². The van der Waals surface area contributed by atoms with E-state index in [-0.39, 0.29) is 48.1 Å². The number of hydrogen-bond donors (Lipinski definition) is 0. The normalized spacial score (nSPS) is 11.0. The van der Waals surface area contributed by atoms with Gasteiger partial charge in [0.05, 0.1) is 37.8 Å². The molecule has 37 heavy (non-hydrogen) atoms. The molecule has 0 aromatic carbocycles. The molecule has 0 aliphatic heterocycles. The van der Waals surface area contributed by atoms with Crippen molar-refractivity contribution in [1.29, 1.82) is 0 Å². The van der Waals surface area contributed by atoms with Gasteiger partial charge in [0.25, 0.3) is 0 Å². The van der Waals surface area contributed by atoms with Crippen molar-refractivity contribution >= 4 is 86.5 Å². The number of unbranched alkanes of at least 4 members (excludes halogenated alkanes) is 12. The molecular formula is C24H52MoO4P2S6. The van der Waals surface area contributed by atoms with Gasteiger partial charge in [-0.05, 0) is 25.7 Å². The average Bonchev–Trinajstić information content (AvgIpc) is 2.79. The topological polar surface area (TPSA) is 36.9 Å². The Balaban J connectivity index is -0.000000171. The SMILES string of the molecule is CCCCCCOP(=S)([S-])OCCCCCC.CCCCCCOP(=S)([S-])OCCCCCC.[Mo+6].[S-2].[S-2]. The van der Waals surface area contributed by atoms with E-state index in [1.54, 1.807) is 0 Å². The minimum absolute atomic E-state index is 0. The van der Waals surface area contributed by atoms with Crippen molar-refractivity contribution in [1.82, 2.24) is 0 Å². The fourth-order valence-corrected chi connectivity index (χ4v) is 6.24. The second kappa shape index (κ2) is 37.3. The van der Waals surface area contributed by atoms with Crippen LogP contribution in [0, 0.1) is 0 Å².